The Morgan fingerprint density at radius 2 is 2.05 bits per heavy atom. The third kappa shape index (κ3) is 4.04. The van der Waals surface area contributed by atoms with Gasteiger partial charge >= 0.3 is 0 Å². The lowest BCUT2D eigenvalue weighted by atomic mass is 10.2. The Labute approximate surface area is 112 Å². The SMILES string of the molecule is CC(NS(=O)(=O)/C=C/c1ccccc1)c1ncc[nH]1. The first-order valence-corrected chi connectivity index (χ1v) is 7.36. The van der Waals surface area contributed by atoms with Crippen LogP contribution in [0.15, 0.2) is 48.1 Å². The van der Waals surface area contributed by atoms with E-state index in [1.165, 1.54) is 0 Å². The third-order valence-electron chi connectivity index (χ3n) is 2.51. The molecule has 1 aromatic carbocycles. The fraction of sp³-hybridized carbons (Fsp3) is 0.154. The molecule has 0 aliphatic heterocycles. The van der Waals surface area contributed by atoms with Crippen molar-refractivity contribution in [1.29, 1.82) is 0 Å². The van der Waals surface area contributed by atoms with Crippen molar-refractivity contribution in [2.75, 3.05) is 0 Å². The van der Waals surface area contributed by atoms with Gasteiger partial charge in [0.1, 0.15) is 5.82 Å². The highest BCUT2D eigenvalue weighted by molar-refractivity contribution is 7.92. The van der Waals surface area contributed by atoms with E-state index in [-0.39, 0.29) is 0 Å². The van der Waals surface area contributed by atoms with Gasteiger partial charge in [-0.05, 0) is 18.6 Å². The number of rotatable bonds is 5. The van der Waals surface area contributed by atoms with Crippen molar-refractivity contribution in [2.24, 2.45) is 0 Å². The molecule has 0 aliphatic rings. The van der Waals surface area contributed by atoms with Gasteiger partial charge in [-0.25, -0.2) is 18.1 Å². The van der Waals surface area contributed by atoms with Crippen molar-refractivity contribution < 1.29 is 8.42 Å². The van der Waals surface area contributed by atoms with E-state index in [0.29, 0.717) is 5.82 Å². The normalized spacial score (nSPS) is 13.7. The maximum Gasteiger partial charge on any atom is 0.234 e. The number of nitrogens with one attached hydrogen (secondary N) is 2. The Hall–Kier alpha value is -1.92. The van der Waals surface area contributed by atoms with Gasteiger partial charge in [0.2, 0.25) is 10.0 Å². The van der Waals surface area contributed by atoms with Crippen molar-refractivity contribution in [3.63, 3.8) is 0 Å². The lowest BCUT2D eigenvalue weighted by Gasteiger charge is -2.09. The Kier molecular flexibility index (Phi) is 4.13. The average molecular weight is 277 g/mol. The van der Waals surface area contributed by atoms with Crippen LogP contribution in [0.25, 0.3) is 6.08 Å². The summed E-state index contributed by atoms with van der Waals surface area (Å²) in [5.74, 6) is 0.580. The Morgan fingerprint density at radius 1 is 1.32 bits per heavy atom. The first-order chi connectivity index (χ1) is 9.07. The van der Waals surface area contributed by atoms with Crippen LogP contribution in [0.5, 0.6) is 0 Å². The summed E-state index contributed by atoms with van der Waals surface area (Å²) in [7, 11) is -3.50. The molecule has 1 heterocycles. The van der Waals surface area contributed by atoms with E-state index in [4.69, 9.17) is 0 Å². The number of nitrogens with zero attached hydrogens (tertiary/aromatic N) is 1. The van der Waals surface area contributed by atoms with Crippen LogP contribution in [-0.2, 0) is 10.0 Å². The van der Waals surface area contributed by atoms with Crippen LogP contribution in [0.1, 0.15) is 24.4 Å². The highest BCUT2D eigenvalue weighted by atomic mass is 32.2. The Bertz CT molecular complexity index is 634. The smallest absolute Gasteiger partial charge is 0.234 e. The summed E-state index contributed by atoms with van der Waals surface area (Å²) in [5.41, 5.74) is 0.832. The second kappa shape index (κ2) is 5.81. The molecule has 1 unspecified atom stereocenters. The van der Waals surface area contributed by atoms with Crippen molar-refractivity contribution in [2.45, 2.75) is 13.0 Å². The van der Waals surface area contributed by atoms with Crippen LogP contribution < -0.4 is 4.72 Å². The summed E-state index contributed by atoms with van der Waals surface area (Å²) < 4.78 is 26.3. The molecule has 1 aromatic heterocycles. The van der Waals surface area contributed by atoms with E-state index in [2.05, 4.69) is 14.7 Å². The molecule has 0 aliphatic carbocycles. The molecule has 2 N–H and O–H groups in total. The van der Waals surface area contributed by atoms with Gasteiger partial charge in [-0.1, -0.05) is 30.3 Å². The molecule has 0 spiro atoms. The Morgan fingerprint density at radius 3 is 2.68 bits per heavy atom. The van der Waals surface area contributed by atoms with Crippen molar-refractivity contribution in [3.8, 4) is 0 Å². The maximum atomic E-state index is 11.9. The predicted octanol–water partition coefficient (Wildman–Crippen LogP) is 2.06. The van der Waals surface area contributed by atoms with E-state index in [9.17, 15) is 8.42 Å². The molecule has 19 heavy (non-hydrogen) atoms. The van der Waals surface area contributed by atoms with E-state index in [0.717, 1.165) is 11.0 Å². The average Bonchev–Trinajstić information content (AvgIpc) is 2.91. The van der Waals surface area contributed by atoms with Crippen LogP contribution in [-0.4, -0.2) is 18.4 Å². The molecular formula is C13H15N3O2S. The number of hydrogen-bond donors (Lipinski definition) is 2. The molecule has 5 nitrogen and oxygen atoms in total. The Balaban J connectivity index is 2.05. The van der Waals surface area contributed by atoms with Crippen molar-refractivity contribution in [1.82, 2.24) is 14.7 Å². The second-order valence-electron chi connectivity index (χ2n) is 4.07. The summed E-state index contributed by atoms with van der Waals surface area (Å²) in [5, 5.41) is 1.15. The number of H-pyrrole nitrogens is 1. The number of aromatic amines is 1. The van der Waals surface area contributed by atoms with Crippen LogP contribution >= 0.6 is 0 Å². The summed E-state index contributed by atoms with van der Waals surface area (Å²) >= 11 is 0. The summed E-state index contributed by atoms with van der Waals surface area (Å²) in [6.07, 6.45) is 4.79. The molecule has 0 saturated heterocycles. The van der Waals surface area contributed by atoms with E-state index in [1.54, 1.807) is 25.4 Å². The highest BCUT2D eigenvalue weighted by Gasteiger charge is 2.14. The lowest BCUT2D eigenvalue weighted by molar-refractivity contribution is 0.570. The number of aromatic nitrogens is 2. The van der Waals surface area contributed by atoms with Gasteiger partial charge in [-0.3, -0.25) is 0 Å². The standard InChI is InChI=1S/C13H15N3O2S/c1-11(13-14-8-9-15-13)16-19(17,18)10-7-12-5-3-2-4-6-12/h2-11,16H,1H3,(H,14,15)/b10-7+. The van der Waals surface area contributed by atoms with Crippen LogP contribution in [0, 0.1) is 0 Å². The van der Waals surface area contributed by atoms with Gasteiger partial charge < -0.3 is 4.98 Å². The van der Waals surface area contributed by atoms with Gasteiger partial charge in [0.25, 0.3) is 0 Å². The van der Waals surface area contributed by atoms with Crippen LogP contribution in [0.3, 0.4) is 0 Å². The van der Waals surface area contributed by atoms with E-state index in [1.807, 2.05) is 30.3 Å². The first-order valence-electron chi connectivity index (χ1n) is 5.81. The molecule has 0 radical (unpaired) electrons. The minimum Gasteiger partial charge on any atom is -0.347 e. The molecular weight excluding hydrogens is 262 g/mol. The fourth-order valence-electron chi connectivity index (χ4n) is 1.59. The van der Waals surface area contributed by atoms with Gasteiger partial charge in [-0.2, -0.15) is 0 Å². The molecule has 100 valence electrons. The summed E-state index contributed by atoms with van der Waals surface area (Å²) in [4.78, 5) is 6.88. The van der Waals surface area contributed by atoms with Gasteiger partial charge in [0, 0.05) is 17.8 Å². The summed E-state index contributed by atoms with van der Waals surface area (Å²) in [6.45, 7) is 1.73. The molecule has 1 atom stereocenters. The molecule has 0 bridgehead atoms. The van der Waals surface area contributed by atoms with E-state index >= 15 is 0 Å². The first kappa shape index (κ1) is 13.5. The molecule has 6 heteroatoms. The molecule has 0 amide bonds. The summed E-state index contributed by atoms with van der Waals surface area (Å²) in [6, 6.07) is 8.85. The number of hydrogen-bond acceptors (Lipinski definition) is 3. The third-order valence-corrected chi connectivity index (χ3v) is 3.69. The van der Waals surface area contributed by atoms with Gasteiger partial charge in [0.05, 0.1) is 6.04 Å². The second-order valence-corrected chi connectivity index (χ2v) is 5.67. The minimum absolute atomic E-state index is 0.402. The molecule has 2 rings (SSSR count). The van der Waals surface area contributed by atoms with Crippen molar-refractivity contribution >= 4 is 16.1 Å². The molecule has 0 fully saturated rings. The zero-order valence-corrected chi connectivity index (χ0v) is 11.3. The van der Waals surface area contributed by atoms with E-state index < -0.39 is 16.1 Å². The topological polar surface area (TPSA) is 74.8 Å². The molecule has 2 aromatic rings. The molecule has 0 saturated carbocycles. The van der Waals surface area contributed by atoms with Gasteiger partial charge in [0.15, 0.2) is 0 Å². The lowest BCUT2D eigenvalue weighted by Crippen LogP contribution is -2.25. The fourth-order valence-corrected chi connectivity index (χ4v) is 2.61. The zero-order valence-electron chi connectivity index (χ0n) is 10.4. The van der Waals surface area contributed by atoms with Crippen LogP contribution in [0.4, 0.5) is 0 Å². The quantitative estimate of drug-likeness (QED) is 0.878. The number of benzene rings is 1. The highest BCUT2D eigenvalue weighted by Crippen LogP contribution is 2.09. The van der Waals surface area contributed by atoms with Crippen LogP contribution in [0.2, 0.25) is 0 Å². The monoisotopic (exact) mass is 277 g/mol. The van der Waals surface area contributed by atoms with Crippen molar-refractivity contribution in [3.05, 3.63) is 59.5 Å². The number of sulfonamides is 1. The van der Waals surface area contributed by atoms with Gasteiger partial charge in [-0.15, -0.1) is 0 Å². The number of imidazole rings is 1. The minimum atomic E-state index is -3.50. The largest absolute Gasteiger partial charge is 0.347 e. The predicted molar refractivity (Wildman–Crippen MR) is 74.5 cm³/mol. The zero-order chi connectivity index (χ0) is 13.7. The maximum absolute atomic E-state index is 11.9.